The van der Waals surface area contributed by atoms with Gasteiger partial charge in [0.15, 0.2) is 0 Å². The lowest BCUT2D eigenvalue weighted by atomic mass is 9.88. The zero-order valence-corrected chi connectivity index (χ0v) is 24.8. The van der Waals surface area contributed by atoms with Crippen LogP contribution in [0.2, 0.25) is 0 Å². The van der Waals surface area contributed by atoms with Crippen LogP contribution in [-0.2, 0) is 13.0 Å². The van der Waals surface area contributed by atoms with Crippen molar-refractivity contribution < 1.29 is 4.74 Å². The number of rotatable bonds is 8. The summed E-state index contributed by atoms with van der Waals surface area (Å²) in [5, 5.41) is 9.95. The minimum absolute atomic E-state index is 0.189. The van der Waals surface area contributed by atoms with Gasteiger partial charge in [-0.3, -0.25) is 0 Å². The Morgan fingerprint density at radius 1 is 1.05 bits per heavy atom. The average Bonchev–Trinajstić information content (AvgIpc) is 3.42. The summed E-state index contributed by atoms with van der Waals surface area (Å²) in [6.45, 7) is 9.68. The molecular weight excluding hydrogens is 510 g/mol. The van der Waals surface area contributed by atoms with Crippen LogP contribution in [0.3, 0.4) is 0 Å². The molecule has 8 nitrogen and oxygen atoms in total. The Morgan fingerprint density at radius 3 is 2.59 bits per heavy atom. The number of fused-ring (bicyclic) bond motifs is 2. The molecule has 0 spiro atoms. The third kappa shape index (κ3) is 5.68. The van der Waals surface area contributed by atoms with Crippen LogP contribution in [0.25, 0.3) is 10.8 Å². The zero-order chi connectivity index (χ0) is 28.3. The number of ether oxygens (including phenoxy) is 1. The number of aryl methyl sites for hydroxylation is 1. The third-order valence-corrected chi connectivity index (χ3v) is 9.56. The first kappa shape index (κ1) is 27.7. The molecule has 2 saturated heterocycles. The SMILES string of the molecule is CCC(N=C=N)C1CCN(c2nc(OC[C@@H]3CCCN3C)nc3c2CCN(c2cccc4cccc(C)c24)C3)CC1. The topological polar surface area (TPSA) is 80.9 Å². The van der Waals surface area contributed by atoms with Crippen LogP contribution < -0.4 is 14.5 Å². The van der Waals surface area contributed by atoms with Crippen LogP contribution in [-0.4, -0.2) is 72.8 Å². The highest BCUT2D eigenvalue weighted by Gasteiger charge is 2.31. The van der Waals surface area contributed by atoms with Crippen molar-refractivity contribution in [2.45, 2.75) is 71.0 Å². The molecule has 0 radical (unpaired) electrons. The minimum Gasteiger partial charge on any atom is -0.462 e. The van der Waals surface area contributed by atoms with E-state index in [0.717, 1.165) is 76.3 Å². The van der Waals surface area contributed by atoms with Crippen LogP contribution in [0.1, 0.15) is 55.8 Å². The second kappa shape index (κ2) is 12.2. The van der Waals surface area contributed by atoms with E-state index in [0.29, 0.717) is 24.6 Å². The lowest BCUT2D eigenvalue weighted by molar-refractivity contribution is 0.187. The molecular formula is C33H43N7O. The van der Waals surface area contributed by atoms with Gasteiger partial charge < -0.3 is 19.4 Å². The van der Waals surface area contributed by atoms with Crippen molar-refractivity contribution in [2.75, 3.05) is 49.6 Å². The summed E-state index contributed by atoms with van der Waals surface area (Å²) < 4.78 is 6.34. The highest BCUT2D eigenvalue weighted by molar-refractivity contribution is 5.97. The van der Waals surface area contributed by atoms with E-state index in [4.69, 9.17) is 20.1 Å². The maximum absolute atomic E-state index is 7.34. The fourth-order valence-electron chi connectivity index (χ4n) is 7.16. The van der Waals surface area contributed by atoms with E-state index >= 15 is 0 Å². The summed E-state index contributed by atoms with van der Waals surface area (Å²) in [6, 6.07) is 16.6. The van der Waals surface area contributed by atoms with Gasteiger partial charge >= 0.3 is 6.01 Å². The Bertz CT molecular complexity index is 1420. The van der Waals surface area contributed by atoms with E-state index in [2.05, 4.69) is 83.0 Å². The largest absolute Gasteiger partial charge is 0.462 e. The zero-order valence-electron chi connectivity index (χ0n) is 24.8. The van der Waals surface area contributed by atoms with Gasteiger partial charge in [0.25, 0.3) is 0 Å². The Morgan fingerprint density at radius 2 is 1.85 bits per heavy atom. The second-order valence-electron chi connectivity index (χ2n) is 12.0. The fourth-order valence-corrected chi connectivity index (χ4v) is 7.16. The Kier molecular flexibility index (Phi) is 8.22. The van der Waals surface area contributed by atoms with Gasteiger partial charge in [0.2, 0.25) is 0 Å². The number of benzene rings is 2. The fraction of sp³-hybridized carbons (Fsp3) is 0.545. The first-order valence-electron chi connectivity index (χ1n) is 15.4. The number of hydrogen-bond donors (Lipinski definition) is 1. The highest BCUT2D eigenvalue weighted by Crippen LogP contribution is 2.37. The van der Waals surface area contributed by atoms with Gasteiger partial charge in [-0.25, -0.2) is 10.4 Å². The maximum atomic E-state index is 7.34. The number of aromatic nitrogens is 2. The van der Waals surface area contributed by atoms with E-state index in [-0.39, 0.29) is 6.04 Å². The third-order valence-electron chi connectivity index (χ3n) is 9.56. The van der Waals surface area contributed by atoms with Gasteiger partial charge in [0.1, 0.15) is 12.4 Å². The predicted octanol–water partition coefficient (Wildman–Crippen LogP) is 5.72. The van der Waals surface area contributed by atoms with E-state index in [1.54, 1.807) is 0 Å². The van der Waals surface area contributed by atoms with Gasteiger partial charge in [0, 0.05) is 42.3 Å². The number of likely N-dealkylation sites (tertiary alicyclic amines) is 1. The van der Waals surface area contributed by atoms with Crippen molar-refractivity contribution in [1.29, 1.82) is 5.41 Å². The normalized spacial score (nSPS) is 20.6. The molecule has 6 rings (SSSR count). The monoisotopic (exact) mass is 553 g/mol. The summed E-state index contributed by atoms with van der Waals surface area (Å²) in [4.78, 5) is 21.8. The number of piperidine rings is 1. The molecule has 4 heterocycles. The predicted molar refractivity (Wildman–Crippen MR) is 166 cm³/mol. The van der Waals surface area contributed by atoms with Crippen molar-refractivity contribution in [3.63, 3.8) is 0 Å². The van der Waals surface area contributed by atoms with E-state index in [9.17, 15) is 0 Å². The Labute approximate surface area is 243 Å². The molecule has 8 heteroatoms. The van der Waals surface area contributed by atoms with Crippen molar-refractivity contribution in [3.8, 4) is 6.01 Å². The van der Waals surface area contributed by atoms with Gasteiger partial charge in [-0.2, -0.15) is 9.97 Å². The molecule has 3 aromatic rings. The average molecular weight is 554 g/mol. The molecule has 41 heavy (non-hydrogen) atoms. The molecule has 0 bridgehead atoms. The van der Waals surface area contributed by atoms with Gasteiger partial charge in [0.05, 0.1) is 24.3 Å². The molecule has 216 valence electrons. The number of nitrogens with one attached hydrogen (secondary N) is 1. The number of hydrogen-bond acceptors (Lipinski definition) is 8. The Hall–Kier alpha value is -3.48. The smallest absolute Gasteiger partial charge is 0.318 e. The van der Waals surface area contributed by atoms with Crippen LogP contribution in [0.15, 0.2) is 41.4 Å². The second-order valence-corrected chi connectivity index (χ2v) is 12.0. The van der Waals surface area contributed by atoms with Crippen molar-refractivity contribution in [3.05, 3.63) is 53.2 Å². The lowest BCUT2D eigenvalue weighted by Crippen LogP contribution is -2.40. The summed E-state index contributed by atoms with van der Waals surface area (Å²) in [7, 11) is 2.18. The van der Waals surface area contributed by atoms with Crippen LogP contribution in [0, 0.1) is 18.3 Å². The molecule has 3 aliphatic heterocycles. The molecule has 0 aliphatic carbocycles. The molecule has 1 aromatic heterocycles. The van der Waals surface area contributed by atoms with Crippen LogP contribution >= 0.6 is 0 Å². The number of anilines is 2. The highest BCUT2D eigenvalue weighted by atomic mass is 16.5. The van der Waals surface area contributed by atoms with Crippen molar-refractivity contribution >= 4 is 28.3 Å². The van der Waals surface area contributed by atoms with Gasteiger partial charge in [-0.15, -0.1) is 0 Å². The number of aliphatic imine (C=N–C) groups is 1. The summed E-state index contributed by atoms with van der Waals surface area (Å²) in [6.07, 6.45) is 6.34. The summed E-state index contributed by atoms with van der Waals surface area (Å²) >= 11 is 0. The molecule has 0 saturated carbocycles. The minimum atomic E-state index is 0.189. The van der Waals surface area contributed by atoms with E-state index in [1.807, 2.05) is 0 Å². The Balaban J connectivity index is 1.29. The molecule has 2 atom stereocenters. The summed E-state index contributed by atoms with van der Waals surface area (Å²) in [5.74, 6) is 1.55. The summed E-state index contributed by atoms with van der Waals surface area (Å²) in [5.41, 5.74) is 4.94. The molecule has 1 unspecified atom stereocenters. The quantitative estimate of drug-likeness (QED) is 0.359. The van der Waals surface area contributed by atoms with E-state index in [1.165, 1.54) is 34.0 Å². The van der Waals surface area contributed by atoms with Gasteiger partial charge in [-0.1, -0.05) is 37.3 Å². The maximum Gasteiger partial charge on any atom is 0.318 e. The first-order chi connectivity index (χ1) is 20.1. The molecule has 1 N–H and O–H groups in total. The number of likely N-dealkylation sites (N-methyl/N-ethyl adjacent to an activating group) is 1. The van der Waals surface area contributed by atoms with Crippen molar-refractivity contribution in [1.82, 2.24) is 14.9 Å². The van der Waals surface area contributed by atoms with E-state index < -0.39 is 0 Å². The molecule has 2 aromatic carbocycles. The van der Waals surface area contributed by atoms with Crippen LogP contribution in [0.4, 0.5) is 11.5 Å². The van der Waals surface area contributed by atoms with Crippen LogP contribution in [0.5, 0.6) is 6.01 Å². The number of nitrogens with zero attached hydrogens (tertiary/aromatic N) is 6. The standard InChI is InChI=1S/C33H43N7O/c1-4-28(35-22-34)24-13-17-39(18-14-24)32-27-15-19-40(30-12-6-10-25-9-5-8-23(2)31(25)30)20-29(27)36-33(37-32)41-21-26-11-7-16-38(26)3/h5-6,8-10,12,24,26,28,34H,4,7,11,13-21H2,1-3H3/t26-,28?/m0/s1. The van der Waals surface area contributed by atoms with Crippen molar-refractivity contribution in [2.24, 2.45) is 10.9 Å². The first-order valence-corrected chi connectivity index (χ1v) is 15.4. The molecule has 0 amide bonds. The lowest BCUT2D eigenvalue weighted by Gasteiger charge is -2.38. The molecule has 3 aliphatic rings. The van der Waals surface area contributed by atoms with Gasteiger partial charge in [-0.05, 0) is 82.0 Å². The molecule has 2 fully saturated rings.